The van der Waals surface area contributed by atoms with Crippen LogP contribution in [0.5, 0.6) is 0 Å². The third-order valence-electron chi connectivity index (χ3n) is 3.90. The summed E-state index contributed by atoms with van der Waals surface area (Å²) in [4.78, 5) is 16.5. The summed E-state index contributed by atoms with van der Waals surface area (Å²) in [5.74, 6) is 0. The molecule has 0 spiro atoms. The lowest BCUT2D eigenvalue weighted by Gasteiger charge is -2.17. The number of aromatic nitrogens is 3. The first-order valence-electron chi connectivity index (χ1n) is 7.76. The van der Waals surface area contributed by atoms with Crippen LogP contribution in [-0.2, 0) is 13.5 Å². The highest BCUT2D eigenvalue weighted by molar-refractivity contribution is 7.09. The molecule has 2 aromatic heterocycles. The zero-order valence-electron chi connectivity index (χ0n) is 14.6. The molecule has 6 nitrogen and oxygen atoms in total. The monoisotopic (exact) mass is 335 g/mol. The second kappa shape index (κ2) is 7.12. The zero-order valence-corrected chi connectivity index (χ0v) is 15.4. The second-order valence-corrected chi connectivity index (χ2v) is 6.93. The van der Waals surface area contributed by atoms with E-state index in [-0.39, 0.29) is 18.1 Å². The van der Waals surface area contributed by atoms with E-state index in [9.17, 15) is 4.79 Å². The Bertz CT molecular complexity index is 691. The van der Waals surface area contributed by atoms with Crippen molar-refractivity contribution in [1.29, 1.82) is 0 Å². The lowest BCUT2D eigenvalue weighted by Crippen LogP contribution is -2.42. The molecule has 0 aromatic carbocycles. The number of nitrogens with zero attached hydrogens (tertiary/aromatic N) is 3. The Morgan fingerprint density at radius 2 is 2.00 bits per heavy atom. The number of amides is 2. The molecule has 0 radical (unpaired) electrons. The van der Waals surface area contributed by atoms with E-state index in [0.717, 1.165) is 28.5 Å². The van der Waals surface area contributed by atoms with Crippen LogP contribution in [-0.4, -0.2) is 26.8 Å². The van der Waals surface area contributed by atoms with Gasteiger partial charge in [0.15, 0.2) is 0 Å². The number of rotatable bonds is 5. The van der Waals surface area contributed by atoms with Gasteiger partial charge in [0.25, 0.3) is 0 Å². The number of hydrogen-bond donors (Lipinski definition) is 2. The highest BCUT2D eigenvalue weighted by Crippen LogP contribution is 2.17. The second-order valence-electron chi connectivity index (χ2n) is 6.04. The van der Waals surface area contributed by atoms with E-state index in [1.165, 1.54) is 5.56 Å². The smallest absolute Gasteiger partial charge is 0.315 e. The van der Waals surface area contributed by atoms with Crippen LogP contribution in [0, 0.1) is 20.8 Å². The van der Waals surface area contributed by atoms with Crippen LogP contribution in [0.25, 0.3) is 0 Å². The molecule has 2 amide bonds. The first kappa shape index (κ1) is 17.5. The van der Waals surface area contributed by atoms with Crippen molar-refractivity contribution in [3.8, 4) is 0 Å². The van der Waals surface area contributed by atoms with E-state index in [4.69, 9.17) is 0 Å². The molecule has 2 rings (SSSR count). The summed E-state index contributed by atoms with van der Waals surface area (Å²) >= 11 is 1.56. The highest BCUT2D eigenvalue weighted by Gasteiger charge is 2.17. The number of urea groups is 1. The van der Waals surface area contributed by atoms with Gasteiger partial charge in [-0.3, -0.25) is 4.68 Å². The Morgan fingerprint density at radius 1 is 1.30 bits per heavy atom. The molecule has 7 heteroatoms. The van der Waals surface area contributed by atoms with Gasteiger partial charge in [-0.15, -0.1) is 11.3 Å². The standard InChI is InChI=1S/C16H25N5OS/c1-9(7-14-11(3)20-21(6)13(14)5)18-16(22)19-12(4)15-17-10(2)8-23-15/h8-9,12H,7H2,1-6H3,(H2,18,19,22)/t9-,12+/m0/s1. The van der Waals surface area contributed by atoms with E-state index in [1.54, 1.807) is 11.3 Å². The molecule has 23 heavy (non-hydrogen) atoms. The fraction of sp³-hybridized carbons (Fsp3) is 0.562. The summed E-state index contributed by atoms with van der Waals surface area (Å²) in [7, 11) is 1.94. The van der Waals surface area contributed by atoms with E-state index in [2.05, 4.69) is 27.6 Å². The molecule has 2 heterocycles. The van der Waals surface area contributed by atoms with Gasteiger partial charge in [-0.2, -0.15) is 5.10 Å². The van der Waals surface area contributed by atoms with Crippen LogP contribution in [0.2, 0.25) is 0 Å². The molecular formula is C16H25N5OS. The molecule has 2 N–H and O–H groups in total. The molecule has 0 aliphatic heterocycles. The van der Waals surface area contributed by atoms with Crippen LogP contribution >= 0.6 is 11.3 Å². The topological polar surface area (TPSA) is 71.8 Å². The maximum atomic E-state index is 12.1. The lowest BCUT2D eigenvalue weighted by molar-refractivity contribution is 0.234. The summed E-state index contributed by atoms with van der Waals surface area (Å²) in [6.07, 6.45) is 0.768. The van der Waals surface area contributed by atoms with Crippen LogP contribution in [0.1, 0.15) is 47.5 Å². The van der Waals surface area contributed by atoms with Gasteiger partial charge in [-0.1, -0.05) is 0 Å². The van der Waals surface area contributed by atoms with Gasteiger partial charge in [0, 0.05) is 29.9 Å². The van der Waals surface area contributed by atoms with E-state index in [1.807, 2.05) is 44.8 Å². The summed E-state index contributed by atoms with van der Waals surface area (Å²) in [6, 6.07) is -0.235. The average molecular weight is 335 g/mol. The maximum Gasteiger partial charge on any atom is 0.315 e. The summed E-state index contributed by atoms with van der Waals surface area (Å²) in [5.41, 5.74) is 4.34. The van der Waals surface area contributed by atoms with Crippen molar-refractivity contribution >= 4 is 17.4 Å². The van der Waals surface area contributed by atoms with Crippen molar-refractivity contribution in [1.82, 2.24) is 25.4 Å². The number of carbonyl (C=O) groups is 1. The number of nitrogens with one attached hydrogen (secondary N) is 2. The molecule has 0 bridgehead atoms. The predicted octanol–water partition coefficient (Wildman–Crippen LogP) is 2.79. The van der Waals surface area contributed by atoms with Crippen LogP contribution in [0.3, 0.4) is 0 Å². The van der Waals surface area contributed by atoms with Crippen LogP contribution < -0.4 is 10.6 Å². The van der Waals surface area contributed by atoms with Gasteiger partial charge in [0.2, 0.25) is 0 Å². The van der Waals surface area contributed by atoms with Crippen molar-refractivity contribution in [2.24, 2.45) is 7.05 Å². The van der Waals surface area contributed by atoms with Gasteiger partial charge in [0.05, 0.1) is 11.7 Å². The normalized spacial score (nSPS) is 13.7. The van der Waals surface area contributed by atoms with Gasteiger partial charge in [-0.25, -0.2) is 9.78 Å². The van der Waals surface area contributed by atoms with E-state index < -0.39 is 0 Å². The summed E-state index contributed by atoms with van der Waals surface area (Å²) in [6.45, 7) is 9.95. The number of carbonyl (C=O) groups excluding carboxylic acids is 1. The molecule has 0 saturated carbocycles. The predicted molar refractivity (Wildman–Crippen MR) is 92.8 cm³/mol. The lowest BCUT2D eigenvalue weighted by atomic mass is 10.1. The average Bonchev–Trinajstić information content (AvgIpc) is 2.98. The molecule has 2 atom stereocenters. The van der Waals surface area contributed by atoms with Gasteiger partial charge >= 0.3 is 6.03 Å². The molecule has 2 aromatic rings. The van der Waals surface area contributed by atoms with Crippen molar-refractivity contribution in [3.05, 3.63) is 33.0 Å². The summed E-state index contributed by atoms with van der Waals surface area (Å²) < 4.78 is 1.88. The van der Waals surface area contributed by atoms with Gasteiger partial charge < -0.3 is 10.6 Å². The van der Waals surface area contributed by atoms with Crippen molar-refractivity contribution in [2.45, 2.75) is 53.1 Å². The molecular weight excluding hydrogens is 310 g/mol. The van der Waals surface area contributed by atoms with Gasteiger partial charge in [0.1, 0.15) is 5.01 Å². The first-order chi connectivity index (χ1) is 10.8. The minimum atomic E-state index is -0.169. The molecule has 0 fully saturated rings. The molecule has 0 saturated heterocycles. The highest BCUT2D eigenvalue weighted by atomic mass is 32.1. The van der Waals surface area contributed by atoms with Crippen molar-refractivity contribution < 1.29 is 4.79 Å². The van der Waals surface area contributed by atoms with E-state index in [0.29, 0.717) is 0 Å². The third-order valence-corrected chi connectivity index (χ3v) is 5.05. The largest absolute Gasteiger partial charge is 0.335 e. The molecule has 0 unspecified atom stereocenters. The Hall–Kier alpha value is -1.89. The number of aryl methyl sites for hydroxylation is 3. The SMILES string of the molecule is Cc1csc([C@@H](C)NC(=O)N[C@@H](C)Cc2c(C)nn(C)c2C)n1. The fourth-order valence-electron chi connectivity index (χ4n) is 2.56. The third kappa shape index (κ3) is 4.31. The molecule has 126 valence electrons. The number of thiazole rings is 1. The minimum Gasteiger partial charge on any atom is -0.335 e. The Balaban J connectivity index is 1.89. The van der Waals surface area contributed by atoms with Gasteiger partial charge in [-0.05, 0) is 46.6 Å². The van der Waals surface area contributed by atoms with Crippen molar-refractivity contribution in [2.75, 3.05) is 0 Å². The van der Waals surface area contributed by atoms with E-state index >= 15 is 0 Å². The Labute approximate surface area is 141 Å². The minimum absolute atomic E-state index is 0.0295. The van der Waals surface area contributed by atoms with Crippen LogP contribution in [0.4, 0.5) is 4.79 Å². The molecule has 0 aliphatic carbocycles. The Morgan fingerprint density at radius 3 is 2.52 bits per heavy atom. The van der Waals surface area contributed by atoms with Crippen molar-refractivity contribution in [3.63, 3.8) is 0 Å². The maximum absolute atomic E-state index is 12.1. The first-order valence-corrected chi connectivity index (χ1v) is 8.64. The summed E-state index contributed by atoms with van der Waals surface area (Å²) in [5, 5.41) is 13.3. The quantitative estimate of drug-likeness (QED) is 0.882. The Kier molecular flexibility index (Phi) is 5.41. The number of hydrogen-bond acceptors (Lipinski definition) is 4. The fourth-order valence-corrected chi connectivity index (χ4v) is 3.37. The zero-order chi connectivity index (χ0) is 17.1. The molecule has 0 aliphatic rings. The van der Waals surface area contributed by atoms with Crippen LogP contribution in [0.15, 0.2) is 5.38 Å².